The third-order valence-corrected chi connectivity index (χ3v) is 5.68. The Balaban J connectivity index is 1.82. The van der Waals surface area contributed by atoms with Crippen LogP contribution in [0.25, 0.3) is 33.1 Å². The van der Waals surface area contributed by atoms with Gasteiger partial charge in [-0.15, -0.1) is 0 Å². The van der Waals surface area contributed by atoms with E-state index in [0.29, 0.717) is 5.58 Å². The molecule has 4 heteroatoms. The van der Waals surface area contributed by atoms with Crippen molar-refractivity contribution < 1.29 is 13.6 Å². The molecule has 1 aliphatic rings. The van der Waals surface area contributed by atoms with Crippen LogP contribution in [0.3, 0.4) is 0 Å². The van der Waals surface area contributed by atoms with Crippen molar-refractivity contribution in [2.45, 2.75) is 32.6 Å². The smallest absolute Gasteiger partial charge is 0.339 e. The van der Waals surface area contributed by atoms with E-state index in [1.807, 2.05) is 31.2 Å². The average Bonchev–Trinajstić information content (AvgIpc) is 3.14. The molecule has 0 bridgehead atoms. The number of ether oxygens (including phenoxy) is 1. The molecule has 2 aromatic carbocycles. The number of aryl methyl sites for hydroxylation is 2. The van der Waals surface area contributed by atoms with E-state index < -0.39 is 0 Å². The molecular formula is C23H20O4. The van der Waals surface area contributed by atoms with Crippen LogP contribution in [0.2, 0.25) is 0 Å². The molecule has 0 N–H and O–H groups in total. The Kier molecular flexibility index (Phi) is 3.61. The molecule has 4 nitrogen and oxygen atoms in total. The second-order valence-corrected chi connectivity index (χ2v) is 7.19. The Labute approximate surface area is 156 Å². The van der Waals surface area contributed by atoms with Crippen molar-refractivity contribution in [2.75, 3.05) is 7.11 Å². The third-order valence-electron chi connectivity index (χ3n) is 5.68. The first-order chi connectivity index (χ1) is 13.2. The zero-order valence-electron chi connectivity index (χ0n) is 15.4. The van der Waals surface area contributed by atoms with Gasteiger partial charge in [-0.3, -0.25) is 0 Å². The van der Waals surface area contributed by atoms with E-state index in [0.717, 1.165) is 75.6 Å². The van der Waals surface area contributed by atoms with Gasteiger partial charge in [0.05, 0.1) is 13.4 Å². The minimum atomic E-state index is -0.193. The highest BCUT2D eigenvalue weighted by Crippen LogP contribution is 2.38. The molecule has 2 aromatic heterocycles. The standard InChI is InChI=1S/C23H20O4/c1-13-21-19(20(12-26-21)14-7-9-15(25-2)10-8-14)11-18-16-5-3-4-6-17(16)23(24)27-22(13)18/h7-12H,3-6H2,1-2H3. The van der Waals surface area contributed by atoms with Gasteiger partial charge in [-0.2, -0.15) is 0 Å². The molecule has 1 aliphatic carbocycles. The van der Waals surface area contributed by atoms with E-state index in [9.17, 15) is 4.79 Å². The molecular weight excluding hydrogens is 340 g/mol. The Morgan fingerprint density at radius 3 is 2.44 bits per heavy atom. The van der Waals surface area contributed by atoms with Crippen molar-refractivity contribution in [3.63, 3.8) is 0 Å². The summed E-state index contributed by atoms with van der Waals surface area (Å²) >= 11 is 0. The number of hydrogen-bond acceptors (Lipinski definition) is 4. The molecule has 0 unspecified atom stereocenters. The average molecular weight is 360 g/mol. The van der Waals surface area contributed by atoms with E-state index in [-0.39, 0.29) is 5.63 Å². The monoisotopic (exact) mass is 360 g/mol. The zero-order valence-corrected chi connectivity index (χ0v) is 15.4. The number of fused-ring (bicyclic) bond motifs is 4. The summed E-state index contributed by atoms with van der Waals surface area (Å²) in [5.74, 6) is 0.823. The molecule has 136 valence electrons. The minimum absolute atomic E-state index is 0.193. The highest BCUT2D eigenvalue weighted by molar-refractivity contribution is 6.05. The molecule has 2 heterocycles. The topological polar surface area (TPSA) is 52.6 Å². The van der Waals surface area contributed by atoms with Gasteiger partial charge in [0.15, 0.2) is 0 Å². The van der Waals surface area contributed by atoms with Crippen molar-refractivity contribution in [3.8, 4) is 16.9 Å². The third kappa shape index (κ3) is 2.40. The van der Waals surface area contributed by atoms with Crippen LogP contribution in [-0.2, 0) is 12.8 Å². The summed E-state index contributed by atoms with van der Waals surface area (Å²) in [5, 5.41) is 2.09. The van der Waals surface area contributed by atoms with Gasteiger partial charge >= 0.3 is 5.63 Å². The van der Waals surface area contributed by atoms with Gasteiger partial charge in [-0.25, -0.2) is 4.79 Å². The lowest BCUT2D eigenvalue weighted by Gasteiger charge is -2.17. The summed E-state index contributed by atoms with van der Waals surface area (Å²) in [6.45, 7) is 1.96. The molecule has 0 saturated carbocycles. The van der Waals surface area contributed by atoms with Crippen LogP contribution in [-0.4, -0.2) is 7.11 Å². The van der Waals surface area contributed by atoms with Crippen molar-refractivity contribution in [1.29, 1.82) is 0 Å². The summed E-state index contributed by atoms with van der Waals surface area (Å²) in [4.78, 5) is 12.4. The molecule has 5 rings (SSSR count). The summed E-state index contributed by atoms with van der Waals surface area (Å²) in [5.41, 5.74) is 6.22. The maximum atomic E-state index is 12.4. The minimum Gasteiger partial charge on any atom is -0.497 e. The molecule has 0 spiro atoms. The van der Waals surface area contributed by atoms with Crippen molar-refractivity contribution in [1.82, 2.24) is 0 Å². The number of methoxy groups -OCH3 is 1. The molecule has 4 aromatic rings. The summed E-state index contributed by atoms with van der Waals surface area (Å²) in [7, 11) is 1.66. The van der Waals surface area contributed by atoms with Gasteiger partial charge in [-0.05, 0) is 61.9 Å². The number of benzene rings is 2. The van der Waals surface area contributed by atoms with Crippen LogP contribution in [0.4, 0.5) is 0 Å². The van der Waals surface area contributed by atoms with Crippen LogP contribution in [0.1, 0.15) is 29.5 Å². The quantitative estimate of drug-likeness (QED) is 0.449. The number of hydrogen-bond donors (Lipinski definition) is 0. The molecule has 0 fully saturated rings. The fraction of sp³-hybridized carbons (Fsp3) is 0.261. The summed E-state index contributed by atoms with van der Waals surface area (Å²) in [6, 6.07) is 10.1. The van der Waals surface area contributed by atoms with E-state index >= 15 is 0 Å². The van der Waals surface area contributed by atoms with E-state index in [1.54, 1.807) is 13.4 Å². The van der Waals surface area contributed by atoms with Crippen LogP contribution in [0.15, 0.2) is 50.2 Å². The van der Waals surface area contributed by atoms with Gasteiger partial charge in [0.25, 0.3) is 0 Å². The fourth-order valence-corrected chi connectivity index (χ4v) is 4.25. The Bertz CT molecular complexity index is 1230. The molecule has 0 atom stereocenters. The molecule has 0 aliphatic heterocycles. The van der Waals surface area contributed by atoms with Crippen molar-refractivity contribution in [2.24, 2.45) is 0 Å². The first kappa shape index (κ1) is 16.2. The first-order valence-corrected chi connectivity index (χ1v) is 9.31. The maximum absolute atomic E-state index is 12.4. The number of furan rings is 1. The Hall–Kier alpha value is -3.01. The summed E-state index contributed by atoms with van der Waals surface area (Å²) in [6.07, 6.45) is 5.68. The Morgan fingerprint density at radius 2 is 1.70 bits per heavy atom. The zero-order chi connectivity index (χ0) is 18.5. The maximum Gasteiger partial charge on any atom is 0.339 e. The van der Waals surface area contributed by atoms with Crippen LogP contribution in [0.5, 0.6) is 5.75 Å². The van der Waals surface area contributed by atoms with Crippen LogP contribution < -0.4 is 10.4 Å². The lowest BCUT2D eigenvalue weighted by Crippen LogP contribution is -2.16. The molecule has 0 saturated heterocycles. The SMILES string of the molecule is COc1ccc(-c2coc3c(C)c4oc(=O)c5c(c4cc23)CCCC5)cc1. The van der Waals surface area contributed by atoms with Gasteiger partial charge in [0.1, 0.15) is 16.9 Å². The number of rotatable bonds is 2. The molecule has 0 radical (unpaired) electrons. The van der Waals surface area contributed by atoms with Gasteiger partial charge < -0.3 is 13.6 Å². The normalized spacial score (nSPS) is 13.9. The molecule has 27 heavy (non-hydrogen) atoms. The summed E-state index contributed by atoms with van der Waals surface area (Å²) < 4.78 is 16.9. The predicted molar refractivity (Wildman–Crippen MR) is 106 cm³/mol. The lowest BCUT2D eigenvalue weighted by molar-refractivity contribution is 0.415. The Morgan fingerprint density at radius 1 is 0.963 bits per heavy atom. The van der Waals surface area contributed by atoms with Gasteiger partial charge in [0, 0.05) is 27.5 Å². The second-order valence-electron chi connectivity index (χ2n) is 7.19. The lowest BCUT2D eigenvalue weighted by atomic mass is 9.89. The van der Waals surface area contributed by atoms with Crippen molar-refractivity contribution >= 4 is 21.9 Å². The van der Waals surface area contributed by atoms with E-state index in [4.69, 9.17) is 13.6 Å². The van der Waals surface area contributed by atoms with Crippen molar-refractivity contribution in [3.05, 3.63) is 63.7 Å². The highest BCUT2D eigenvalue weighted by Gasteiger charge is 2.22. The van der Waals surface area contributed by atoms with E-state index in [1.165, 1.54) is 0 Å². The van der Waals surface area contributed by atoms with Gasteiger partial charge in [0.2, 0.25) is 0 Å². The fourth-order valence-electron chi connectivity index (χ4n) is 4.25. The first-order valence-electron chi connectivity index (χ1n) is 9.31. The second kappa shape index (κ2) is 6.02. The molecule has 0 amide bonds. The largest absolute Gasteiger partial charge is 0.497 e. The van der Waals surface area contributed by atoms with Crippen LogP contribution >= 0.6 is 0 Å². The van der Waals surface area contributed by atoms with E-state index in [2.05, 4.69) is 6.07 Å². The predicted octanol–water partition coefficient (Wildman–Crippen LogP) is 5.40. The van der Waals surface area contributed by atoms with Crippen LogP contribution in [0, 0.1) is 6.92 Å². The highest BCUT2D eigenvalue weighted by atomic mass is 16.5. The van der Waals surface area contributed by atoms with Gasteiger partial charge in [-0.1, -0.05) is 12.1 Å².